The molecule has 2 heterocycles. The summed E-state index contributed by atoms with van der Waals surface area (Å²) in [7, 11) is 0. The third kappa shape index (κ3) is 4.41. The number of halogens is 3. The highest BCUT2D eigenvalue weighted by molar-refractivity contribution is 7.22. The maximum atomic E-state index is 15.6. The number of nitrogens with two attached hydrogens (primary N) is 1. The van der Waals surface area contributed by atoms with Crippen molar-refractivity contribution in [3.63, 3.8) is 0 Å². The van der Waals surface area contributed by atoms with E-state index in [1.807, 2.05) is 0 Å². The average molecular weight is 489 g/mol. The molecule has 0 bridgehead atoms. The largest absolute Gasteiger partial charge is 0.375 e. The van der Waals surface area contributed by atoms with Crippen molar-refractivity contribution in [1.29, 1.82) is 5.26 Å². The SMILES string of the molecule is N#CCNC(=O)NCCNc1ncnc2c(F)c(-c3ccc(F)c4sc(N)nc34)c(Cl)cc12. The number of anilines is 2. The van der Waals surface area contributed by atoms with E-state index < -0.39 is 17.7 Å². The number of fused-ring (bicyclic) bond motifs is 2. The molecule has 4 aromatic rings. The Bertz CT molecular complexity index is 1420. The predicted molar refractivity (Wildman–Crippen MR) is 123 cm³/mol. The molecule has 168 valence electrons. The number of urea groups is 1. The molecule has 0 aliphatic heterocycles. The van der Waals surface area contributed by atoms with Crippen LogP contribution in [0.2, 0.25) is 5.02 Å². The number of nitrogens with one attached hydrogen (secondary N) is 3. The van der Waals surface area contributed by atoms with Crippen LogP contribution >= 0.6 is 22.9 Å². The molecular formula is C20H15ClF2N8OS. The fraction of sp³-hybridized carbons (Fsp3) is 0.150. The van der Waals surface area contributed by atoms with Gasteiger partial charge in [0.25, 0.3) is 0 Å². The van der Waals surface area contributed by atoms with Crippen LogP contribution in [0.15, 0.2) is 24.5 Å². The Labute approximate surface area is 194 Å². The molecule has 2 aromatic heterocycles. The quantitative estimate of drug-likeness (QED) is 0.239. The van der Waals surface area contributed by atoms with Crippen LogP contribution in [0.4, 0.5) is 24.5 Å². The molecule has 4 rings (SSSR count). The van der Waals surface area contributed by atoms with Crippen LogP contribution in [-0.2, 0) is 0 Å². The number of carbonyl (C=O) groups excluding carboxylic acids is 1. The van der Waals surface area contributed by atoms with Crippen LogP contribution in [-0.4, -0.2) is 40.6 Å². The second-order valence-corrected chi connectivity index (χ2v) is 8.12. The van der Waals surface area contributed by atoms with Crippen molar-refractivity contribution >= 4 is 61.0 Å². The van der Waals surface area contributed by atoms with E-state index in [1.54, 1.807) is 6.07 Å². The Balaban J connectivity index is 1.66. The number of nitrogen functional groups attached to an aromatic ring is 1. The summed E-state index contributed by atoms with van der Waals surface area (Å²) in [6, 6.07) is 5.43. The summed E-state index contributed by atoms with van der Waals surface area (Å²) in [6.07, 6.45) is 1.19. The molecule has 2 aromatic carbocycles. The van der Waals surface area contributed by atoms with Gasteiger partial charge in [-0.3, -0.25) is 0 Å². The lowest BCUT2D eigenvalue weighted by Gasteiger charge is -2.13. The highest BCUT2D eigenvalue weighted by Crippen LogP contribution is 2.41. The maximum Gasteiger partial charge on any atom is 0.315 e. The van der Waals surface area contributed by atoms with Crippen LogP contribution < -0.4 is 21.7 Å². The minimum Gasteiger partial charge on any atom is -0.375 e. The average Bonchev–Trinajstić information content (AvgIpc) is 3.19. The highest BCUT2D eigenvalue weighted by Gasteiger charge is 2.22. The first kappa shape index (κ1) is 22.4. The van der Waals surface area contributed by atoms with Crippen molar-refractivity contribution in [2.75, 3.05) is 30.7 Å². The van der Waals surface area contributed by atoms with Gasteiger partial charge in [-0.25, -0.2) is 28.5 Å². The van der Waals surface area contributed by atoms with Crippen molar-refractivity contribution in [3.8, 4) is 17.2 Å². The molecular weight excluding hydrogens is 474 g/mol. The minimum absolute atomic E-state index is 0.00676. The zero-order chi connectivity index (χ0) is 23.5. The Morgan fingerprint density at radius 2 is 2.03 bits per heavy atom. The molecule has 0 aliphatic carbocycles. The molecule has 2 amide bonds. The molecule has 0 radical (unpaired) electrons. The summed E-state index contributed by atoms with van der Waals surface area (Å²) < 4.78 is 30.0. The summed E-state index contributed by atoms with van der Waals surface area (Å²) in [6.45, 7) is 0.378. The highest BCUT2D eigenvalue weighted by atomic mass is 35.5. The number of rotatable bonds is 6. The number of nitrogens with zero attached hydrogens (tertiary/aromatic N) is 4. The van der Waals surface area contributed by atoms with Gasteiger partial charge >= 0.3 is 6.03 Å². The summed E-state index contributed by atoms with van der Waals surface area (Å²) >= 11 is 7.41. The van der Waals surface area contributed by atoms with E-state index in [0.717, 1.165) is 11.3 Å². The van der Waals surface area contributed by atoms with E-state index in [0.29, 0.717) is 16.8 Å². The summed E-state index contributed by atoms with van der Waals surface area (Å²) in [5, 5.41) is 16.9. The van der Waals surface area contributed by atoms with Crippen molar-refractivity contribution in [1.82, 2.24) is 25.6 Å². The Hall–Kier alpha value is -3.82. The lowest BCUT2D eigenvalue weighted by Crippen LogP contribution is -2.38. The van der Waals surface area contributed by atoms with E-state index in [2.05, 4.69) is 30.9 Å². The topological polar surface area (TPSA) is 142 Å². The molecule has 0 fully saturated rings. The van der Waals surface area contributed by atoms with Crippen LogP contribution in [0.3, 0.4) is 0 Å². The van der Waals surface area contributed by atoms with Crippen LogP contribution in [0.5, 0.6) is 0 Å². The lowest BCUT2D eigenvalue weighted by molar-refractivity contribution is 0.242. The third-order valence-electron chi connectivity index (χ3n) is 4.63. The van der Waals surface area contributed by atoms with Gasteiger partial charge < -0.3 is 21.7 Å². The molecule has 0 unspecified atom stereocenters. The van der Waals surface area contributed by atoms with Crippen LogP contribution in [0.25, 0.3) is 32.2 Å². The summed E-state index contributed by atoms with van der Waals surface area (Å²) in [5.41, 5.74) is 6.28. The molecule has 13 heteroatoms. The van der Waals surface area contributed by atoms with E-state index in [9.17, 15) is 9.18 Å². The lowest BCUT2D eigenvalue weighted by atomic mass is 10.0. The zero-order valence-corrected chi connectivity index (χ0v) is 18.3. The molecule has 0 atom stereocenters. The molecule has 0 saturated heterocycles. The number of hydrogen-bond acceptors (Lipinski definition) is 8. The Morgan fingerprint density at radius 1 is 1.21 bits per heavy atom. The first-order chi connectivity index (χ1) is 15.9. The van der Waals surface area contributed by atoms with Crippen LogP contribution in [0.1, 0.15) is 0 Å². The first-order valence-electron chi connectivity index (χ1n) is 9.50. The fourth-order valence-electron chi connectivity index (χ4n) is 3.25. The van der Waals surface area contributed by atoms with E-state index >= 15 is 4.39 Å². The smallest absolute Gasteiger partial charge is 0.315 e. The van der Waals surface area contributed by atoms with E-state index in [4.69, 9.17) is 22.6 Å². The molecule has 5 N–H and O–H groups in total. The third-order valence-corrected chi connectivity index (χ3v) is 5.82. The van der Waals surface area contributed by atoms with Gasteiger partial charge in [0.1, 0.15) is 30.0 Å². The molecule has 0 saturated carbocycles. The number of carbonyl (C=O) groups is 1. The van der Waals surface area contributed by atoms with Gasteiger partial charge in [0.05, 0.1) is 21.3 Å². The normalized spacial score (nSPS) is 10.8. The maximum absolute atomic E-state index is 15.6. The van der Waals surface area contributed by atoms with E-state index in [1.165, 1.54) is 24.5 Å². The number of aromatic nitrogens is 3. The summed E-state index contributed by atoms with van der Waals surface area (Å²) in [4.78, 5) is 23.8. The van der Waals surface area contributed by atoms with Crippen molar-refractivity contribution in [2.45, 2.75) is 0 Å². The second-order valence-electron chi connectivity index (χ2n) is 6.68. The van der Waals surface area contributed by atoms with Gasteiger partial charge in [-0.05, 0) is 18.2 Å². The van der Waals surface area contributed by atoms with Crippen molar-refractivity contribution < 1.29 is 13.6 Å². The number of benzene rings is 2. The Morgan fingerprint density at radius 3 is 2.82 bits per heavy atom. The van der Waals surface area contributed by atoms with Gasteiger partial charge in [0.2, 0.25) is 0 Å². The summed E-state index contributed by atoms with van der Waals surface area (Å²) in [5.74, 6) is -0.908. The number of thiazole rings is 1. The number of nitriles is 1. The van der Waals surface area contributed by atoms with E-state index in [-0.39, 0.29) is 51.1 Å². The number of hydrogen-bond donors (Lipinski definition) is 4. The van der Waals surface area contributed by atoms with Gasteiger partial charge in [-0.15, -0.1) is 0 Å². The molecule has 9 nitrogen and oxygen atoms in total. The van der Waals surface area contributed by atoms with Crippen LogP contribution in [0, 0.1) is 23.0 Å². The minimum atomic E-state index is -0.712. The molecule has 0 spiro atoms. The van der Waals surface area contributed by atoms with Gasteiger partial charge in [-0.1, -0.05) is 22.9 Å². The fourth-order valence-corrected chi connectivity index (χ4v) is 4.31. The number of amides is 2. The van der Waals surface area contributed by atoms with Crippen molar-refractivity contribution in [3.05, 3.63) is 41.2 Å². The molecule has 0 aliphatic rings. The van der Waals surface area contributed by atoms with Gasteiger partial charge in [0.15, 0.2) is 10.9 Å². The monoisotopic (exact) mass is 488 g/mol. The molecule has 33 heavy (non-hydrogen) atoms. The predicted octanol–water partition coefficient (Wildman–Crippen LogP) is 3.65. The zero-order valence-electron chi connectivity index (χ0n) is 16.7. The first-order valence-corrected chi connectivity index (χ1v) is 10.7. The Kier molecular flexibility index (Phi) is 6.34. The van der Waals surface area contributed by atoms with Gasteiger partial charge in [0, 0.05) is 29.6 Å². The van der Waals surface area contributed by atoms with Gasteiger partial charge in [-0.2, -0.15) is 5.26 Å². The second kappa shape index (κ2) is 9.35. The van der Waals surface area contributed by atoms with Crippen molar-refractivity contribution in [2.24, 2.45) is 0 Å². The standard InChI is InChI=1S/C20H15ClF2N8OS/c21-11-7-10-15(29-8-30-18(10)26-5-6-28-20(32)27-4-3-24)14(23)13(11)9-1-2-12(22)17-16(9)31-19(25)33-17/h1-2,7-8H,4-6H2,(H2,25,31)(H,26,29,30)(H2,27,28,32).